The molecule has 1 atom stereocenters. The molecule has 1 heterocycles. The summed E-state index contributed by atoms with van der Waals surface area (Å²) in [5.74, 6) is 0. The van der Waals surface area contributed by atoms with Crippen LogP contribution in [0.3, 0.4) is 0 Å². The van der Waals surface area contributed by atoms with Gasteiger partial charge in [-0.25, -0.2) is 0 Å². The van der Waals surface area contributed by atoms with Crippen LogP contribution in [-0.2, 0) is 13.5 Å². The first-order valence-corrected chi connectivity index (χ1v) is 7.82. The van der Waals surface area contributed by atoms with E-state index in [0.717, 1.165) is 25.1 Å². The summed E-state index contributed by atoms with van der Waals surface area (Å²) >= 11 is 0. The number of nitrogens with zero attached hydrogens (tertiary/aromatic N) is 2. The SMILES string of the molecule is CCCNC(Cc1cccc(C)c1)c1c(C)nn(C)c1C. The minimum atomic E-state index is 0.334. The summed E-state index contributed by atoms with van der Waals surface area (Å²) in [6.07, 6.45) is 2.15. The molecule has 0 amide bonds. The fourth-order valence-electron chi connectivity index (χ4n) is 2.96. The molecule has 114 valence electrons. The van der Waals surface area contributed by atoms with Gasteiger partial charge in [-0.2, -0.15) is 5.10 Å². The van der Waals surface area contributed by atoms with E-state index in [9.17, 15) is 0 Å². The van der Waals surface area contributed by atoms with Crippen LogP contribution in [0, 0.1) is 20.8 Å². The van der Waals surface area contributed by atoms with Crippen molar-refractivity contribution in [1.82, 2.24) is 15.1 Å². The third-order valence-electron chi connectivity index (χ3n) is 4.08. The fourth-order valence-corrected chi connectivity index (χ4v) is 2.96. The average Bonchev–Trinajstić information content (AvgIpc) is 2.68. The molecule has 0 aliphatic rings. The van der Waals surface area contributed by atoms with E-state index in [2.05, 4.69) is 62.4 Å². The molecule has 2 aromatic rings. The summed E-state index contributed by atoms with van der Waals surface area (Å²) in [6.45, 7) is 9.66. The Labute approximate surface area is 128 Å². The van der Waals surface area contributed by atoms with E-state index in [1.54, 1.807) is 0 Å². The van der Waals surface area contributed by atoms with E-state index >= 15 is 0 Å². The van der Waals surface area contributed by atoms with Crippen LogP contribution >= 0.6 is 0 Å². The maximum Gasteiger partial charge on any atom is 0.0644 e. The lowest BCUT2D eigenvalue weighted by molar-refractivity contribution is 0.524. The van der Waals surface area contributed by atoms with Gasteiger partial charge in [0.05, 0.1) is 5.69 Å². The number of hydrogen-bond donors (Lipinski definition) is 1. The molecule has 0 fully saturated rings. The number of aromatic nitrogens is 2. The maximum absolute atomic E-state index is 4.58. The van der Waals surface area contributed by atoms with Gasteiger partial charge in [0, 0.05) is 24.3 Å². The summed E-state index contributed by atoms with van der Waals surface area (Å²) < 4.78 is 1.99. The monoisotopic (exact) mass is 285 g/mol. The van der Waals surface area contributed by atoms with Crippen molar-refractivity contribution >= 4 is 0 Å². The molecular formula is C18H27N3. The first kappa shape index (κ1) is 15.8. The highest BCUT2D eigenvalue weighted by molar-refractivity contribution is 5.31. The molecule has 0 spiro atoms. The van der Waals surface area contributed by atoms with Crippen molar-refractivity contribution in [2.24, 2.45) is 7.05 Å². The summed E-state index contributed by atoms with van der Waals surface area (Å²) in [5, 5.41) is 8.27. The molecule has 2 rings (SSSR count). The Morgan fingerprint density at radius 3 is 2.57 bits per heavy atom. The van der Waals surface area contributed by atoms with Crippen molar-refractivity contribution in [3.63, 3.8) is 0 Å². The van der Waals surface area contributed by atoms with Crippen LogP contribution in [0.4, 0.5) is 0 Å². The van der Waals surface area contributed by atoms with Crippen LogP contribution < -0.4 is 5.32 Å². The van der Waals surface area contributed by atoms with E-state index in [1.807, 2.05) is 11.7 Å². The zero-order chi connectivity index (χ0) is 15.4. The van der Waals surface area contributed by atoms with Gasteiger partial charge in [0.2, 0.25) is 0 Å². The molecule has 21 heavy (non-hydrogen) atoms. The van der Waals surface area contributed by atoms with Crippen molar-refractivity contribution in [2.45, 2.75) is 46.6 Å². The van der Waals surface area contributed by atoms with Gasteiger partial charge in [0.25, 0.3) is 0 Å². The minimum Gasteiger partial charge on any atom is -0.310 e. The highest BCUT2D eigenvalue weighted by atomic mass is 15.3. The molecule has 0 radical (unpaired) electrons. The van der Waals surface area contributed by atoms with Gasteiger partial charge in [0.15, 0.2) is 0 Å². The quantitative estimate of drug-likeness (QED) is 0.878. The summed E-state index contributed by atoms with van der Waals surface area (Å²) in [7, 11) is 2.02. The molecule has 3 heteroatoms. The second kappa shape index (κ2) is 6.90. The molecular weight excluding hydrogens is 258 g/mol. The third kappa shape index (κ3) is 3.73. The number of benzene rings is 1. The van der Waals surface area contributed by atoms with E-state index < -0.39 is 0 Å². The van der Waals surface area contributed by atoms with Crippen LogP contribution in [0.15, 0.2) is 24.3 Å². The zero-order valence-electron chi connectivity index (χ0n) is 13.9. The Balaban J connectivity index is 2.29. The smallest absolute Gasteiger partial charge is 0.0644 e. The Kier molecular flexibility index (Phi) is 5.18. The molecule has 1 aromatic carbocycles. The molecule has 1 unspecified atom stereocenters. The van der Waals surface area contributed by atoms with Crippen LogP contribution in [0.2, 0.25) is 0 Å². The molecule has 3 nitrogen and oxygen atoms in total. The highest BCUT2D eigenvalue weighted by Crippen LogP contribution is 2.25. The fraction of sp³-hybridized carbons (Fsp3) is 0.500. The predicted molar refractivity (Wildman–Crippen MR) is 88.6 cm³/mol. The zero-order valence-corrected chi connectivity index (χ0v) is 13.9. The molecule has 1 aromatic heterocycles. The second-order valence-electron chi connectivity index (χ2n) is 5.91. The minimum absolute atomic E-state index is 0.334. The van der Waals surface area contributed by atoms with Gasteiger partial charge in [-0.15, -0.1) is 0 Å². The summed E-state index contributed by atoms with van der Waals surface area (Å²) in [4.78, 5) is 0. The van der Waals surface area contributed by atoms with Crippen molar-refractivity contribution in [3.05, 3.63) is 52.3 Å². The Hall–Kier alpha value is -1.61. The van der Waals surface area contributed by atoms with Gasteiger partial charge in [-0.05, 0) is 45.7 Å². The molecule has 1 N–H and O–H groups in total. The third-order valence-corrected chi connectivity index (χ3v) is 4.08. The van der Waals surface area contributed by atoms with Crippen molar-refractivity contribution < 1.29 is 0 Å². The number of rotatable bonds is 6. The molecule has 0 aliphatic carbocycles. The van der Waals surface area contributed by atoms with Gasteiger partial charge in [-0.1, -0.05) is 36.8 Å². The Morgan fingerprint density at radius 1 is 1.24 bits per heavy atom. The number of hydrogen-bond acceptors (Lipinski definition) is 2. The van der Waals surface area contributed by atoms with E-state index in [0.29, 0.717) is 6.04 Å². The van der Waals surface area contributed by atoms with Crippen LogP contribution in [0.1, 0.15) is 47.5 Å². The lowest BCUT2D eigenvalue weighted by Gasteiger charge is -2.20. The number of nitrogens with one attached hydrogen (secondary N) is 1. The average molecular weight is 285 g/mol. The van der Waals surface area contributed by atoms with E-state index in [-0.39, 0.29) is 0 Å². The van der Waals surface area contributed by atoms with E-state index in [4.69, 9.17) is 0 Å². The first-order chi connectivity index (χ1) is 10.0. The molecule has 0 saturated carbocycles. The van der Waals surface area contributed by atoms with Gasteiger partial charge < -0.3 is 5.32 Å². The lowest BCUT2D eigenvalue weighted by atomic mass is 9.96. The topological polar surface area (TPSA) is 29.9 Å². The molecule has 0 aliphatic heterocycles. The normalized spacial score (nSPS) is 12.6. The van der Waals surface area contributed by atoms with Gasteiger partial charge in [-0.3, -0.25) is 4.68 Å². The van der Waals surface area contributed by atoms with Crippen molar-refractivity contribution in [2.75, 3.05) is 6.54 Å². The second-order valence-corrected chi connectivity index (χ2v) is 5.91. The van der Waals surface area contributed by atoms with Crippen molar-refractivity contribution in [1.29, 1.82) is 0 Å². The summed E-state index contributed by atoms with van der Waals surface area (Å²) in [5.41, 5.74) is 6.45. The number of aryl methyl sites for hydroxylation is 3. The van der Waals surface area contributed by atoms with Crippen LogP contribution in [0.25, 0.3) is 0 Å². The maximum atomic E-state index is 4.58. The van der Waals surface area contributed by atoms with Crippen molar-refractivity contribution in [3.8, 4) is 0 Å². The molecule has 0 bridgehead atoms. The van der Waals surface area contributed by atoms with Crippen LogP contribution in [-0.4, -0.2) is 16.3 Å². The lowest BCUT2D eigenvalue weighted by Crippen LogP contribution is -2.25. The highest BCUT2D eigenvalue weighted by Gasteiger charge is 2.20. The van der Waals surface area contributed by atoms with E-state index in [1.165, 1.54) is 22.4 Å². The largest absolute Gasteiger partial charge is 0.310 e. The summed E-state index contributed by atoms with van der Waals surface area (Å²) in [6, 6.07) is 9.12. The Bertz CT molecular complexity index is 599. The Morgan fingerprint density at radius 2 is 2.00 bits per heavy atom. The van der Waals surface area contributed by atoms with Crippen LogP contribution in [0.5, 0.6) is 0 Å². The predicted octanol–water partition coefficient (Wildman–Crippen LogP) is 3.63. The van der Waals surface area contributed by atoms with Gasteiger partial charge >= 0.3 is 0 Å². The molecule has 0 saturated heterocycles. The standard InChI is InChI=1S/C18H27N3/c1-6-10-19-17(12-16-9-7-8-13(2)11-16)18-14(3)20-21(5)15(18)4/h7-9,11,17,19H,6,10,12H2,1-5H3. The first-order valence-electron chi connectivity index (χ1n) is 7.82. The van der Waals surface area contributed by atoms with Gasteiger partial charge in [0.1, 0.15) is 0 Å².